The normalized spacial score (nSPS) is 13.5. The molecule has 4 rings (SSSR count). The van der Waals surface area contributed by atoms with Gasteiger partial charge in [0.25, 0.3) is 0 Å². The van der Waals surface area contributed by atoms with Crippen molar-refractivity contribution in [3.63, 3.8) is 0 Å². The van der Waals surface area contributed by atoms with Crippen LogP contribution in [0.15, 0.2) is 53.7 Å². The highest BCUT2D eigenvalue weighted by atomic mass is 32.2. The Balaban J connectivity index is 1.64. The van der Waals surface area contributed by atoms with Crippen molar-refractivity contribution in [1.29, 1.82) is 0 Å². The second kappa shape index (κ2) is 8.19. The molecule has 28 heavy (non-hydrogen) atoms. The summed E-state index contributed by atoms with van der Waals surface area (Å²) in [4.78, 5) is 12.1. The SMILES string of the molecule is Cc1ccc(-n2c(Cc3ccccc3)nnc2SCC(=O)NC2CC2)c(C)c1. The summed E-state index contributed by atoms with van der Waals surface area (Å²) in [7, 11) is 0. The summed E-state index contributed by atoms with van der Waals surface area (Å²) in [6.07, 6.45) is 2.88. The van der Waals surface area contributed by atoms with Crippen molar-refractivity contribution >= 4 is 17.7 Å². The lowest BCUT2D eigenvalue weighted by atomic mass is 10.1. The summed E-state index contributed by atoms with van der Waals surface area (Å²) in [5, 5.41) is 12.7. The van der Waals surface area contributed by atoms with E-state index in [2.05, 4.69) is 64.3 Å². The fourth-order valence-corrected chi connectivity index (χ4v) is 3.99. The van der Waals surface area contributed by atoms with Crippen LogP contribution in [0.25, 0.3) is 5.69 Å². The van der Waals surface area contributed by atoms with Crippen molar-refractivity contribution in [1.82, 2.24) is 20.1 Å². The number of rotatable bonds is 7. The zero-order chi connectivity index (χ0) is 19.5. The molecule has 1 aromatic heterocycles. The summed E-state index contributed by atoms with van der Waals surface area (Å²) in [6.45, 7) is 4.19. The molecule has 1 aliphatic carbocycles. The molecular weight excluding hydrogens is 368 g/mol. The minimum Gasteiger partial charge on any atom is -0.353 e. The summed E-state index contributed by atoms with van der Waals surface area (Å²) in [5.74, 6) is 1.29. The van der Waals surface area contributed by atoms with Gasteiger partial charge in [-0.25, -0.2) is 0 Å². The Morgan fingerprint density at radius 2 is 1.93 bits per heavy atom. The number of benzene rings is 2. The maximum Gasteiger partial charge on any atom is 0.230 e. The third-order valence-corrected chi connectivity index (χ3v) is 5.70. The molecule has 3 aromatic rings. The molecule has 6 heteroatoms. The number of carbonyl (C=O) groups is 1. The number of amides is 1. The monoisotopic (exact) mass is 392 g/mol. The maximum absolute atomic E-state index is 12.1. The predicted molar refractivity (Wildman–Crippen MR) is 112 cm³/mol. The fourth-order valence-electron chi connectivity index (χ4n) is 3.21. The predicted octanol–water partition coefficient (Wildman–Crippen LogP) is 3.85. The lowest BCUT2D eigenvalue weighted by Gasteiger charge is -2.13. The molecule has 1 fully saturated rings. The van der Waals surface area contributed by atoms with E-state index in [4.69, 9.17) is 0 Å². The molecular formula is C22H24N4OS. The smallest absolute Gasteiger partial charge is 0.230 e. The number of carbonyl (C=O) groups excluding carboxylic acids is 1. The molecule has 1 N–H and O–H groups in total. The number of hydrogen-bond donors (Lipinski definition) is 1. The second-order valence-electron chi connectivity index (χ2n) is 7.32. The molecule has 5 nitrogen and oxygen atoms in total. The second-order valence-corrected chi connectivity index (χ2v) is 8.26. The minimum absolute atomic E-state index is 0.0623. The van der Waals surface area contributed by atoms with Gasteiger partial charge in [0, 0.05) is 12.5 Å². The van der Waals surface area contributed by atoms with Crippen LogP contribution in [0.3, 0.4) is 0 Å². The molecule has 2 aromatic carbocycles. The highest BCUT2D eigenvalue weighted by Crippen LogP contribution is 2.26. The van der Waals surface area contributed by atoms with Crippen molar-refractivity contribution in [2.75, 3.05) is 5.75 Å². The first kappa shape index (κ1) is 18.7. The molecule has 0 unspecified atom stereocenters. The van der Waals surface area contributed by atoms with E-state index in [1.54, 1.807) is 0 Å². The highest BCUT2D eigenvalue weighted by molar-refractivity contribution is 7.99. The van der Waals surface area contributed by atoms with Gasteiger partial charge in [0.1, 0.15) is 5.82 Å². The van der Waals surface area contributed by atoms with Crippen molar-refractivity contribution in [2.24, 2.45) is 0 Å². The van der Waals surface area contributed by atoms with E-state index in [0.717, 1.165) is 29.5 Å². The first-order valence-electron chi connectivity index (χ1n) is 9.58. The van der Waals surface area contributed by atoms with Crippen LogP contribution in [0.5, 0.6) is 0 Å². The maximum atomic E-state index is 12.1. The molecule has 0 atom stereocenters. The van der Waals surface area contributed by atoms with Crippen LogP contribution >= 0.6 is 11.8 Å². The lowest BCUT2D eigenvalue weighted by Crippen LogP contribution is -2.27. The van der Waals surface area contributed by atoms with Crippen molar-refractivity contribution < 1.29 is 4.79 Å². The molecule has 1 heterocycles. The van der Waals surface area contributed by atoms with Crippen LogP contribution in [-0.4, -0.2) is 32.5 Å². The Morgan fingerprint density at radius 3 is 2.64 bits per heavy atom. The van der Waals surface area contributed by atoms with Gasteiger partial charge in [0.05, 0.1) is 11.4 Å². The number of nitrogens with zero attached hydrogens (tertiary/aromatic N) is 3. The van der Waals surface area contributed by atoms with E-state index < -0.39 is 0 Å². The Bertz CT molecular complexity index is 979. The van der Waals surface area contributed by atoms with Gasteiger partial charge in [-0.15, -0.1) is 10.2 Å². The summed E-state index contributed by atoms with van der Waals surface area (Å²) in [5.41, 5.74) is 4.63. The topological polar surface area (TPSA) is 59.8 Å². The van der Waals surface area contributed by atoms with Crippen molar-refractivity contribution in [3.05, 3.63) is 71.0 Å². The van der Waals surface area contributed by atoms with Crippen molar-refractivity contribution in [3.8, 4) is 5.69 Å². The van der Waals surface area contributed by atoms with Gasteiger partial charge in [-0.3, -0.25) is 9.36 Å². The third-order valence-electron chi connectivity index (χ3n) is 4.77. The third kappa shape index (κ3) is 4.44. The number of aryl methyl sites for hydroxylation is 2. The van der Waals surface area contributed by atoms with E-state index >= 15 is 0 Å². The molecule has 0 bridgehead atoms. The zero-order valence-corrected chi connectivity index (χ0v) is 17.0. The molecule has 1 aliphatic rings. The van der Waals surface area contributed by atoms with Gasteiger partial charge in [-0.1, -0.05) is 59.8 Å². The molecule has 0 spiro atoms. The van der Waals surface area contributed by atoms with Gasteiger partial charge in [0.15, 0.2) is 5.16 Å². The average Bonchev–Trinajstić information content (AvgIpc) is 3.41. The van der Waals surface area contributed by atoms with Gasteiger partial charge in [0.2, 0.25) is 5.91 Å². The van der Waals surface area contributed by atoms with Crippen LogP contribution in [0.4, 0.5) is 0 Å². The van der Waals surface area contributed by atoms with Gasteiger partial charge < -0.3 is 5.32 Å². The van der Waals surface area contributed by atoms with Crippen LogP contribution in [0.1, 0.15) is 35.4 Å². The lowest BCUT2D eigenvalue weighted by molar-refractivity contribution is -0.118. The first-order chi connectivity index (χ1) is 13.6. The molecule has 1 amide bonds. The van der Waals surface area contributed by atoms with Crippen LogP contribution in [-0.2, 0) is 11.2 Å². The number of thioether (sulfide) groups is 1. The van der Waals surface area contributed by atoms with Crippen LogP contribution in [0, 0.1) is 13.8 Å². The molecule has 0 radical (unpaired) electrons. The van der Waals surface area contributed by atoms with Gasteiger partial charge in [-0.2, -0.15) is 0 Å². The minimum atomic E-state index is 0.0623. The Morgan fingerprint density at radius 1 is 1.14 bits per heavy atom. The molecule has 0 aliphatic heterocycles. The largest absolute Gasteiger partial charge is 0.353 e. The molecule has 1 saturated carbocycles. The number of aromatic nitrogens is 3. The summed E-state index contributed by atoms with van der Waals surface area (Å²) >= 11 is 1.44. The Kier molecular flexibility index (Phi) is 5.48. The molecule has 0 saturated heterocycles. The average molecular weight is 393 g/mol. The number of hydrogen-bond acceptors (Lipinski definition) is 4. The van der Waals surface area contributed by atoms with Gasteiger partial charge >= 0.3 is 0 Å². The fraction of sp³-hybridized carbons (Fsp3) is 0.318. The van der Waals surface area contributed by atoms with E-state index in [-0.39, 0.29) is 5.91 Å². The van der Waals surface area contributed by atoms with Crippen LogP contribution in [0.2, 0.25) is 0 Å². The van der Waals surface area contributed by atoms with E-state index in [1.165, 1.54) is 28.5 Å². The number of nitrogens with one attached hydrogen (secondary N) is 1. The van der Waals surface area contributed by atoms with Crippen molar-refractivity contribution in [2.45, 2.75) is 44.3 Å². The van der Waals surface area contributed by atoms with E-state index in [1.807, 2.05) is 18.2 Å². The Hall–Kier alpha value is -2.60. The van der Waals surface area contributed by atoms with Gasteiger partial charge in [-0.05, 0) is 43.9 Å². The summed E-state index contributed by atoms with van der Waals surface area (Å²) in [6, 6.07) is 17.0. The van der Waals surface area contributed by atoms with E-state index in [0.29, 0.717) is 18.2 Å². The van der Waals surface area contributed by atoms with Crippen LogP contribution < -0.4 is 5.32 Å². The first-order valence-corrected chi connectivity index (χ1v) is 10.6. The standard InChI is InChI=1S/C22H24N4OS/c1-15-8-11-19(16(2)12-15)26-20(13-17-6-4-3-5-7-17)24-25-22(26)28-14-21(27)23-18-9-10-18/h3-8,11-12,18H,9-10,13-14H2,1-2H3,(H,23,27). The Labute approximate surface area is 169 Å². The zero-order valence-electron chi connectivity index (χ0n) is 16.2. The molecule has 144 valence electrons. The highest BCUT2D eigenvalue weighted by Gasteiger charge is 2.24. The summed E-state index contributed by atoms with van der Waals surface area (Å²) < 4.78 is 2.09. The quantitative estimate of drug-likeness (QED) is 0.621. The van der Waals surface area contributed by atoms with E-state index in [9.17, 15) is 4.79 Å².